The highest BCUT2D eigenvalue weighted by atomic mass is 16.6. The number of alkyl carbamates (subject to hydrolysis) is 1. The average Bonchev–Trinajstić information content (AvgIpc) is 2.90. The van der Waals surface area contributed by atoms with Crippen molar-refractivity contribution in [2.75, 3.05) is 11.9 Å². The average molecular weight is 556 g/mol. The van der Waals surface area contributed by atoms with Gasteiger partial charge in [-0.15, -0.1) is 6.58 Å². The molecular weight excluding hydrogens is 514 g/mol. The van der Waals surface area contributed by atoms with Gasteiger partial charge in [-0.2, -0.15) is 0 Å². The molecule has 41 heavy (non-hydrogen) atoms. The maximum absolute atomic E-state index is 14.4. The largest absolute Gasteiger partial charge is 0.444 e. The van der Waals surface area contributed by atoms with Crippen molar-refractivity contribution >= 4 is 23.6 Å². The zero-order valence-electron chi connectivity index (χ0n) is 24.9. The summed E-state index contributed by atoms with van der Waals surface area (Å²) < 4.78 is 5.49. The first-order valence-electron chi connectivity index (χ1n) is 13.8. The summed E-state index contributed by atoms with van der Waals surface area (Å²) in [5, 5.41) is 5.85. The fourth-order valence-electron chi connectivity index (χ4n) is 4.71. The van der Waals surface area contributed by atoms with Gasteiger partial charge in [-0.1, -0.05) is 78.9 Å². The number of rotatable bonds is 10. The Kier molecular flexibility index (Phi) is 10.5. The predicted octanol–water partition coefficient (Wildman–Crippen LogP) is 6.44. The van der Waals surface area contributed by atoms with Crippen LogP contribution in [-0.2, 0) is 20.7 Å². The minimum absolute atomic E-state index is 0.0826. The molecule has 3 aromatic rings. The van der Waals surface area contributed by atoms with E-state index in [2.05, 4.69) is 17.2 Å². The van der Waals surface area contributed by atoms with Crippen LogP contribution >= 0.6 is 0 Å². The van der Waals surface area contributed by atoms with Gasteiger partial charge in [-0.25, -0.2) is 4.79 Å². The molecule has 0 aliphatic carbocycles. The van der Waals surface area contributed by atoms with Crippen LogP contribution in [0.25, 0.3) is 0 Å². The highest BCUT2D eigenvalue weighted by molar-refractivity contribution is 6.00. The number of hydrogen-bond donors (Lipinski definition) is 2. The molecule has 3 rings (SSSR count). The van der Waals surface area contributed by atoms with Crippen molar-refractivity contribution in [2.45, 2.75) is 65.6 Å². The Morgan fingerprint density at radius 1 is 0.878 bits per heavy atom. The van der Waals surface area contributed by atoms with Crippen molar-refractivity contribution in [3.05, 3.63) is 113 Å². The molecule has 7 nitrogen and oxygen atoms in total. The fourth-order valence-corrected chi connectivity index (χ4v) is 4.71. The van der Waals surface area contributed by atoms with E-state index in [4.69, 9.17) is 4.74 Å². The Labute approximate surface area is 243 Å². The van der Waals surface area contributed by atoms with Gasteiger partial charge < -0.3 is 20.3 Å². The van der Waals surface area contributed by atoms with Crippen LogP contribution in [0.5, 0.6) is 0 Å². The molecule has 0 saturated heterocycles. The van der Waals surface area contributed by atoms with Crippen molar-refractivity contribution in [2.24, 2.45) is 0 Å². The lowest BCUT2D eigenvalue weighted by molar-refractivity contribution is -0.140. The first-order chi connectivity index (χ1) is 19.4. The maximum Gasteiger partial charge on any atom is 0.408 e. The number of carbonyl (C=O) groups is 3. The molecule has 0 saturated carbocycles. The number of para-hydroxylation sites is 1. The second-order valence-electron chi connectivity index (χ2n) is 11.2. The van der Waals surface area contributed by atoms with Gasteiger partial charge in [-0.05, 0) is 69.4 Å². The fraction of sp³-hybridized carbons (Fsp3) is 0.324. The molecule has 0 aliphatic heterocycles. The molecule has 0 aromatic heterocycles. The summed E-state index contributed by atoms with van der Waals surface area (Å²) in [7, 11) is 0. The molecule has 0 heterocycles. The van der Waals surface area contributed by atoms with Crippen LogP contribution in [0.2, 0.25) is 0 Å². The van der Waals surface area contributed by atoms with E-state index in [0.29, 0.717) is 11.3 Å². The van der Waals surface area contributed by atoms with E-state index in [-0.39, 0.29) is 18.9 Å². The smallest absolute Gasteiger partial charge is 0.408 e. The number of ether oxygens (including phenoxy) is 1. The first kappa shape index (κ1) is 31.1. The van der Waals surface area contributed by atoms with Crippen LogP contribution in [0.1, 0.15) is 54.6 Å². The number of anilines is 1. The lowest BCUT2D eigenvalue weighted by atomic mass is 9.96. The number of amides is 3. The summed E-state index contributed by atoms with van der Waals surface area (Å²) >= 11 is 0. The van der Waals surface area contributed by atoms with Gasteiger partial charge >= 0.3 is 6.09 Å². The lowest BCUT2D eigenvalue weighted by Crippen LogP contribution is -2.53. The van der Waals surface area contributed by atoms with Crippen molar-refractivity contribution < 1.29 is 19.1 Å². The number of carbonyl (C=O) groups excluding carboxylic acids is 3. The van der Waals surface area contributed by atoms with Crippen LogP contribution in [0.3, 0.4) is 0 Å². The molecule has 0 fully saturated rings. The highest BCUT2D eigenvalue weighted by Gasteiger charge is 2.36. The molecule has 216 valence electrons. The van der Waals surface area contributed by atoms with E-state index in [9.17, 15) is 14.4 Å². The van der Waals surface area contributed by atoms with E-state index in [1.54, 1.807) is 26.8 Å². The normalized spacial score (nSPS) is 12.5. The monoisotopic (exact) mass is 555 g/mol. The molecule has 7 heteroatoms. The SMILES string of the molecule is C=CCN(C(=O)C(Cc1ccccc1)NC(=O)OC(C)(C)C)C(C(=O)Nc1c(C)cccc1C)c1ccccc1C. The Morgan fingerprint density at radius 2 is 1.46 bits per heavy atom. The van der Waals surface area contributed by atoms with E-state index >= 15 is 0 Å². The minimum atomic E-state index is -0.994. The zero-order chi connectivity index (χ0) is 30.2. The second-order valence-corrected chi connectivity index (χ2v) is 11.2. The first-order valence-corrected chi connectivity index (χ1v) is 13.8. The number of nitrogens with one attached hydrogen (secondary N) is 2. The van der Waals surface area contributed by atoms with Crippen molar-refractivity contribution in [1.29, 1.82) is 0 Å². The third kappa shape index (κ3) is 8.55. The van der Waals surface area contributed by atoms with Crippen LogP contribution in [0.15, 0.2) is 85.5 Å². The van der Waals surface area contributed by atoms with Gasteiger partial charge in [0.15, 0.2) is 0 Å². The van der Waals surface area contributed by atoms with Gasteiger partial charge in [0, 0.05) is 18.7 Å². The molecule has 0 aliphatic rings. The summed E-state index contributed by atoms with van der Waals surface area (Å²) in [5.74, 6) is -0.785. The van der Waals surface area contributed by atoms with Gasteiger partial charge in [0.05, 0.1) is 0 Å². The van der Waals surface area contributed by atoms with Gasteiger partial charge in [0.2, 0.25) is 5.91 Å². The highest BCUT2D eigenvalue weighted by Crippen LogP contribution is 2.29. The summed E-state index contributed by atoms with van der Waals surface area (Å²) in [6, 6.07) is 20.7. The Morgan fingerprint density at radius 3 is 2.05 bits per heavy atom. The third-order valence-corrected chi connectivity index (χ3v) is 6.65. The summed E-state index contributed by atoms with van der Waals surface area (Å²) in [6.07, 6.45) is 1.09. The topological polar surface area (TPSA) is 87.7 Å². The summed E-state index contributed by atoms with van der Waals surface area (Å²) in [5.41, 5.74) is 4.18. The Balaban J connectivity index is 2.07. The van der Waals surface area contributed by atoms with E-state index in [1.807, 2.05) is 93.6 Å². The van der Waals surface area contributed by atoms with Crippen LogP contribution in [0.4, 0.5) is 10.5 Å². The molecule has 0 spiro atoms. The van der Waals surface area contributed by atoms with Crippen LogP contribution in [0, 0.1) is 20.8 Å². The minimum Gasteiger partial charge on any atom is -0.444 e. The molecule has 3 amide bonds. The maximum atomic E-state index is 14.4. The van der Waals surface area contributed by atoms with Crippen molar-refractivity contribution in [3.63, 3.8) is 0 Å². The molecule has 2 atom stereocenters. The molecular formula is C34H41N3O4. The Bertz CT molecular complexity index is 1360. The van der Waals surface area contributed by atoms with E-state index in [0.717, 1.165) is 22.3 Å². The van der Waals surface area contributed by atoms with Crippen LogP contribution < -0.4 is 10.6 Å². The summed E-state index contributed by atoms with van der Waals surface area (Å²) in [4.78, 5) is 42.9. The number of aryl methyl sites for hydroxylation is 3. The van der Waals surface area contributed by atoms with Crippen molar-refractivity contribution in [3.8, 4) is 0 Å². The van der Waals surface area contributed by atoms with Gasteiger partial charge in [0.25, 0.3) is 5.91 Å². The molecule has 0 radical (unpaired) electrons. The lowest BCUT2D eigenvalue weighted by Gasteiger charge is -2.34. The van der Waals surface area contributed by atoms with Gasteiger partial charge in [0.1, 0.15) is 17.7 Å². The zero-order valence-corrected chi connectivity index (χ0v) is 24.9. The van der Waals surface area contributed by atoms with E-state index in [1.165, 1.54) is 4.90 Å². The quantitative estimate of drug-likeness (QED) is 0.282. The number of benzene rings is 3. The Hall–Kier alpha value is -4.39. The molecule has 2 unspecified atom stereocenters. The standard InChI is InChI=1S/C34H41N3O4/c1-8-21-37(32(39)28(22-26-18-10-9-11-19-26)35-33(40)41-34(5,6)7)30(27-20-13-12-15-23(27)2)31(38)36-29-24(3)16-14-17-25(29)4/h8-20,28,30H,1,21-22H2,2-7H3,(H,35,40)(H,36,38). The number of nitrogens with zero attached hydrogens (tertiary/aromatic N) is 1. The van der Waals surface area contributed by atoms with Crippen LogP contribution in [-0.4, -0.2) is 41.0 Å². The third-order valence-electron chi connectivity index (χ3n) is 6.65. The second kappa shape index (κ2) is 13.8. The molecule has 3 aromatic carbocycles. The molecule has 2 N–H and O–H groups in total. The van der Waals surface area contributed by atoms with Gasteiger partial charge in [-0.3, -0.25) is 9.59 Å². The predicted molar refractivity (Wildman–Crippen MR) is 164 cm³/mol. The molecule has 0 bridgehead atoms. The van der Waals surface area contributed by atoms with Crippen molar-refractivity contribution in [1.82, 2.24) is 10.2 Å². The summed E-state index contributed by atoms with van der Waals surface area (Å²) in [6.45, 7) is 15.0. The van der Waals surface area contributed by atoms with E-state index < -0.39 is 29.7 Å². The number of hydrogen-bond acceptors (Lipinski definition) is 4.